The van der Waals surface area contributed by atoms with Crippen molar-refractivity contribution in [1.82, 2.24) is 0 Å². The third-order valence-corrected chi connectivity index (χ3v) is 2.74. The number of rotatable bonds is 6. The lowest BCUT2D eigenvalue weighted by molar-refractivity contribution is -0.156. The molecular formula is C13H15FO4. The molecule has 0 aromatic heterocycles. The van der Waals surface area contributed by atoms with E-state index in [1.165, 1.54) is 24.3 Å². The molecule has 2 rings (SSSR count). The number of ketones is 1. The number of halogens is 1. The molecule has 0 N–H and O–H groups in total. The first kappa shape index (κ1) is 13.0. The van der Waals surface area contributed by atoms with Crippen LogP contribution in [-0.4, -0.2) is 38.3 Å². The fraction of sp³-hybridized carbons (Fsp3) is 0.462. The summed E-state index contributed by atoms with van der Waals surface area (Å²) in [6.07, 6.45) is -0.500. The molecule has 0 bridgehead atoms. The van der Waals surface area contributed by atoms with Crippen molar-refractivity contribution in [3.8, 4) is 5.75 Å². The number of hydrogen-bond donors (Lipinski definition) is 0. The first-order valence-corrected chi connectivity index (χ1v) is 5.76. The Bertz CT molecular complexity index is 404. The third-order valence-electron chi connectivity index (χ3n) is 2.74. The number of ether oxygens (including phenoxy) is 3. The van der Waals surface area contributed by atoms with Crippen LogP contribution in [0.4, 0.5) is 4.39 Å². The second-order valence-corrected chi connectivity index (χ2v) is 4.06. The fourth-order valence-corrected chi connectivity index (χ4v) is 1.72. The second kappa shape index (κ2) is 5.93. The van der Waals surface area contributed by atoms with E-state index in [1.54, 1.807) is 7.11 Å². The van der Waals surface area contributed by atoms with Gasteiger partial charge in [-0.05, 0) is 24.3 Å². The SMILES string of the molecule is COCCOC1C(=O)CC1Oc1ccc(F)cc1. The van der Waals surface area contributed by atoms with Gasteiger partial charge in [-0.3, -0.25) is 4.79 Å². The van der Waals surface area contributed by atoms with Crippen molar-refractivity contribution in [2.45, 2.75) is 18.6 Å². The Kier molecular flexibility index (Phi) is 4.28. The van der Waals surface area contributed by atoms with Gasteiger partial charge in [0.15, 0.2) is 11.9 Å². The van der Waals surface area contributed by atoms with Crippen LogP contribution in [0.5, 0.6) is 5.75 Å². The minimum atomic E-state index is -0.537. The Morgan fingerprint density at radius 2 is 2.00 bits per heavy atom. The maximum atomic E-state index is 12.7. The average Bonchev–Trinajstić information content (AvgIpc) is 2.36. The standard InChI is InChI=1S/C13H15FO4/c1-16-6-7-17-13-11(15)8-12(13)18-10-4-2-9(14)3-5-10/h2-5,12-13H,6-8H2,1H3. The minimum absolute atomic E-state index is 0.0261. The molecule has 0 aliphatic heterocycles. The predicted octanol–water partition coefficient (Wildman–Crippen LogP) is 1.58. The second-order valence-electron chi connectivity index (χ2n) is 4.06. The molecule has 2 unspecified atom stereocenters. The monoisotopic (exact) mass is 254 g/mol. The molecule has 1 aliphatic carbocycles. The van der Waals surface area contributed by atoms with Crippen molar-refractivity contribution in [2.75, 3.05) is 20.3 Å². The van der Waals surface area contributed by atoms with E-state index >= 15 is 0 Å². The van der Waals surface area contributed by atoms with Crippen LogP contribution in [0.1, 0.15) is 6.42 Å². The van der Waals surface area contributed by atoms with E-state index < -0.39 is 6.10 Å². The van der Waals surface area contributed by atoms with Gasteiger partial charge >= 0.3 is 0 Å². The van der Waals surface area contributed by atoms with Crippen LogP contribution in [0.15, 0.2) is 24.3 Å². The van der Waals surface area contributed by atoms with E-state index in [4.69, 9.17) is 14.2 Å². The predicted molar refractivity (Wildman–Crippen MR) is 62.1 cm³/mol. The molecule has 0 saturated heterocycles. The summed E-state index contributed by atoms with van der Waals surface area (Å²) in [6, 6.07) is 5.70. The van der Waals surface area contributed by atoms with Crippen molar-refractivity contribution in [3.05, 3.63) is 30.1 Å². The zero-order chi connectivity index (χ0) is 13.0. The maximum absolute atomic E-state index is 12.7. The van der Waals surface area contributed by atoms with Gasteiger partial charge < -0.3 is 14.2 Å². The zero-order valence-electron chi connectivity index (χ0n) is 10.1. The van der Waals surface area contributed by atoms with Gasteiger partial charge in [-0.1, -0.05) is 0 Å². The van der Waals surface area contributed by atoms with Gasteiger partial charge in [-0.25, -0.2) is 4.39 Å². The van der Waals surface area contributed by atoms with Crippen molar-refractivity contribution in [1.29, 1.82) is 0 Å². The lowest BCUT2D eigenvalue weighted by Gasteiger charge is -2.34. The largest absolute Gasteiger partial charge is 0.487 e. The summed E-state index contributed by atoms with van der Waals surface area (Å²) in [6.45, 7) is 0.795. The molecule has 1 aromatic carbocycles. The summed E-state index contributed by atoms with van der Waals surface area (Å²) >= 11 is 0. The van der Waals surface area contributed by atoms with Crippen LogP contribution in [0.3, 0.4) is 0 Å². The molecule has 98 valence electrons. The normalized spacial score (nSPS) is 22.7. The summed E-state index contributed by atoms with van der Waals surface area (Å²) in [5.74, 6) is 0.243. The highest BCUT2D eigenvalue weighted by Crippen LogP contribution is 2.25. The quantitative estimate of drug-likeness (QED) is 0.723. The summed E-state index contributed by atoms with van der Waals surface area (Å²) < 4.78 is 28.5. The Morgan fingerprint density at radius 1 is 1.28 bits per heavy atom. The first-order chi connectivity index (χ1) is 8.70. The van der Waals surface area contributed by atoms with Crippen LogP contribution >= 0.6 is 0 Å². The van der Waals surface area contributed by atoms with Gasteiger partial charge in [0, 0.05) is 13.5 Å². The summed E-state index contributed by atoms with van der Waals surface area (Å²) in [4.78, 5) is 11.4. The molecule has 1 fully saturated rings. The molecule has 4 nitrogen and oxygen atoms in total. The molecule has 1 saturated carbocycles. The van der Waals surface area contributed by atoms with E-state index in [0.29, 0.717) is 25.4 Å². The van der Waals surface area contributed by atoms with E-state index in [0.717, 1.165) is 0 Å². The Balaban J connectivity index is 1.85. The van der Waals surface area contributed by atoms with Crippen molar-refractivity contribution in [3.63, 3.8) is 0 Å². The van der Waals surface area contributed by atoms with Gasteiger partial charge in [0.1, 0.15) is 17.7 Å². The van der Waals surface area contributed by atoms with Gasteiger partial charge in [0.25, 0.3) is 0 Å². The lowest BCUT2D eigenvalue weighted by Crippen LogP contribution is -2.52. The van der Waals surface area contributed by atoms with E-state index in [2.05, 4.69) is 0 Å². The number of methoxy groups -OCH3 is 1. The van der Waals surface area contributed by atoms with Crippen molar-refractivity contribution in [2.24, 2.45) is 0 Å². The molecular weight excluding hydrogens is 239 g/mol. The highest BCUT2D eigenvalue weighted by Gasteiger charge is 2.42. The highest BCUT2D eigenvalue weighted by molar-refractivity contribution is 5.90. The molecule has 18 heavy (non-hydrogen) atoms. The van der Waals surface area contributed by atoms with Gasteiger partial charge in [-0.2, -0.15) is 0 Å². The van der Waals surface area contributed by atoms with Gasteiger partial charge in [-0.15, -0.1) is 0 Å². The molecule has 0 spiro atoms. The first-order valence-electron chi connectivity index (χ1n) is 5.76. The van der Waals surface area contributed by atoms with Crippen LogP contribution < -0.4 is 4.74 Å². The number of hydrogen-bond acceptors (Lipinski definition) is 4. The average molecular weight is 254 g/mol. The molecule has 1 aliphatic rings. The topological polar surface area (TPSA) is 44.8 Å². The van der Waals surface area contributed by atoms with Crippen molar-refractivity contribution >= 4 is 5.78 Å². The van der Waals surface area contributed by atoms with Gasteiger partial charge in [0.05, 0.1) is 13.2 Å². The zero-order valence-corrected chi connectivity index (χ0v) is 10.1. The molecule has 0 radical (unpaired) electrons. The molecule has 0 heterocycles. The minimum Gasteiger partial charge on any atom is -0.487 e. The molecule has 1 aromatic rings. The molecule has 0 amide bonds. The third kappa shape index (κ3) is 3.05. The number of carbonyl (C=O) groups is 1. The highest BCUT2D eigenvalue weighted by atomic mass is 19.1. The van der Waals surface area contributed by atoms with Crippen molar-refractivity contribution < 1.29 is 23.4 Å². The van der Waals surface area contributed by atoms with Crippen LogP contribution in [-0.2, 0) is 14.3 Å². The summed E-state index contributed by atoms with van der Waals surface area (Å²) in [5, 5.41) is 0. The van der Waals surface area contributed by atoms with E-state index in [9.17, 15) is 9.18 Å². The smallest absolute Gasteiger partial charge is 0.169 e. The Labute approximate surface area is 105 Å². The van der Waals surface area contributed by atoms with Gasteiger partial charge in [0.2, 0.25) is 0 Å². The lowest BCUT2D eigenvalue weighted by atomic mass is 9.90. The fourth-order valence-electron chi connectivity index (χ4n) is 1.72. The number of Topliss-reactive ketones (excluding diaryl/α,β-unsaturated/α-hetero) is 1. The molecule has 5 heteroatoms. The van der Waals surface area contributed by atoms with E-state index in [1.807, 2.05) is 0 Å². The van der Waals surface area contributed by atoms with Crippen LogP contribution in [0.2, 0.25) is 0 Å². The van der Waals surface area contributed by atoms with Crippen LogP contribution in [0.25, 0.3) is 0 Å². The number of benzene rings is 1. The van der Waals surface area contributed by atoms with Crippen LogP contribution in [0, 0.1) is 5.82 Å². The molecule has 2 atom stereocenters. The summed E-state index contributed by atoms with van der Waals surface area (Å²) in [7, 11) is 1.57. The summed E-state index contributed by atoms with van der Waals surface area (Å²) in [5.41, 5.74) is 0. The Morgan fingerprint density at radius 3 is 2.61 bits per heavy atom. The number of carbonyl (C=O) groups excluding carboxylic acids is 1. The van der Waals surface area contributed by atoms with E-state index in [-0.39, 0.29) is 17.7 Å². The Hall–Kier alpha value is -1.46. The maximum Gasteiger partial charge on any atom is 0.169 e.